The second-order valence-electron chi connectivity index (χ2n) is 5.12. The van der Waals surface area contributed by atoms with Gasteiger partial charge in [-0.15, -0.1) is 0 Å². The topological polar surface area (TPSA) is 29.1 Å². The Morgan fingerprint density at radius 3 is 2.44 bits per heavy atom. The van der Waals surface area contributed by atoms with Crippen LogP contribution in [0.15, 0.2) is 24.3 Å². The van der Waals surface area contributed by atoms with Crippen molar-refractivity contribution in [2.75, 3.05) is 0 Å². The summed E-state index contributed by atoms with van der Waals surface area (Å²) < 4.78 is 0. The fraction of sp³-hybridized carbons (Fsp3) is 0.533. The van der Waals surface area contributed by atoms with Crippen LogP contribution in [0, 0.1) is 5.92 Å². The number of hydrogen-bond donors (Lipinski definition) is 1. The van der Waals surface area contributed by atoms with E-state index in [1.807, 2.05) is 31.2 Å². The lowest BCUT2D eigenvalue weighted by Crippen LogP contribution is -2.33. The van der Waals surface area contributed by atoms with Gasteiger partial charge in [0, 0.05) is 10.9 Å². The van der Waals surface area contributed by atoms with Gasteiger partial charge in [-0.2, -0.15) is 0 Å². The van der Waals surface area contributed by atoms with E-state index in [2.05, 4.69) is 5.32 Å². The molecule has 98 valence electrons. The second kappa shape index (κ2) is 6.24. The largest absolute Gasteiger partial charge is 0.349 e. The maximum absolute atomic E-state index is 12.1. The lowest BCUT2D eigenvalue weighted by molar-refractivity contribution is -0.126. The van der Waals surface area contributed by atoms with Crippen LogP contribution in [-0.2, 0) is 4.79 Å². The van der Waals surface area contributed by atoms with Crippen molar-refractivity contribution in [2.45, 2.75) is 45.1 Å². The summed E-state index contributed by atoms with van der Waals surface area (Å²) in [7, 11) is 0. The number of rotatable bonds is 3. The summed E-state index contributed by atoms with van der Waals surface area (Å²) in [4.78, 5) is 12.1. The first-order valence-corrected chi connectivity index (χ1v) is 7.10. The normalized spacial score (nSPS) is 18.3. The van der Waals surface area contributed by atoms with Crippen molar-refractivity contribution in [1.82, 2.24) is 5.32 Å². The lowest BCUT2D eigenvalue weighted by atomic mass is 9.88. The molecule has 1 aliphatic carbocycles. The molecule has 1 aromatic rings. The fourth-order valence-electron chi connectivity index (χ4n) is 2.53. The van der Waals surface area contributed by atoms with Crippen molar-refractivity contribution in [3.05, 3.63) is 34.9 Å². The first-order valence-electron chi connectivity index (χ1n) is 6.72. The van der Waals surface area contributed by atoms with Crippen molar-refractivity contribution in [3.8, 4) is 0 Å². The zero-order valence-corrected chi connectivity index (χ0v) is 11.5. The summed E-state index contributed by atoms with van der Waals surface area (Å²) in [5.41, 5.74) is 1.10. The van der Waals surface area contributed by atoms with Gasteiger partial charge in [-0.05, 0) is 37.5 Å². The molecule has 0 bridgehead atoms. The average molecular weight is 266 g/mol. The van der Waals surface area contributed by atoms with E-state index in [1.54, 1.807) is 0 Å². The van der Waals surface area contributed by atoms with E-state index in [9.17, 15) is 4.79 Å². The third-order valence-corrected chi connectivity index (χ3v) is 3.96. The van der Waals surface area contributed by atoms with Crippen LogP contribution in [0.3, 0.4) is 0 Å². The predicted octanol–water partition coefficient (Wildman–Crippen LogP) is 4.10. The van der Waals surface area contributed by atoms with Crippen LogP contribution in [0.1, 0.15) is 50.6 Å². The highest BCUT2D eigenvalue weighted by Crippen LogP contribution is 2.25. The van der Waals surface area contributed by atoms with Gasteiger partial charge in [0.15, 0.2) is 0 Å². The molecule has 1 fully saturated rings. The SMILES string of the molecule is C[C@H](NC(=O)C1CCCCC1)c1ccc(Cl)cc1. The van der Waals surface area contributed by atoms with Gasteiger partial charge in [-0.3, -0.25) is 4.79 Å². The Morgan fingerprint density at radius 2 is 1.83 bits per heavy atom. The molecule has 0 spiro atoms. The van der Waals surface area contributed by atoms with Crippen LogP contribution in [0.2, 0.25) is 5.02 Å². The van der Waals surface area contributed by atoms with Crippen LogP contribution < -0.4 is 5.32 Å². The summed E-state index contributed by atoms with van der Waals surface area (Å²) >= 11 is 5.86. The number of carbonyl (C=O) groups excluding carboxylic acids is 1. The quantitative estimate of drug-likeness (QED) is 0.876. The van der Waals surface area contributed by atoms with Crippen molar-refractivity contribution < 1.29 is 4.79 Å². The molecule has 1 atom stereocenters. The van der Waals surface area contributed by atoms with Crippen LogP contribution in [0.4, 0.5) is 0 Å². The minimum atomic E-state index is 0.0525. The van der Waals surface area contributed by atoms with Crippen molar-refractivity contribution in [1.29, 1.82) is 0 Å². The van der Waals surface area contributed by atoms with Gasteiger partial charge in [0.05, 0.1) is 6.04 Å². The van der Waals surface area contributed by atoms with Gasteiger partial charge in [-0.1, -0.05) is 43.0 Å². The highest BCUT2D eigenvalue weighted by Gasteiger charge is 2.22. The molecule has 0 aliphatic heterocycles. The van der Waals surface area contributed by atoms with E-state index in [0.717, 1.165) is 23.4 Å². The Kier molecular flexibility index (Phi) is 4.65. The van der Waals surface area contributed by atoms with E-state index in [1.165, 1.54) is 19.3 Å². The Morgan fingerprint density at radius 1 is 1.22 bits per heavy atom. The standard InChI is InChI=1S/C15H20ClNO/c1-11(12-7-9-14(16)10-8-12)17-15(18)13-5-3-2-4-6-13/h7-11,13H,2-6H2,1H3,(H,17,18)/t11-/m0/s1. The van der Waals surface area contributed by atoms with E-state index >= 15 is 0 Å². The number of halogens is 1. The summed E-state index contributed by atoms with van der Waals surface area (Å²) in [5, 5.41) is 3.83. The highest BCUT2D eigenvalue weighted by molar-refractivity contribution is 6.30. The van der Waals surface area contributed by atoms with E-state index in [0.29, 0.717) is 0 Å². The molecule has 3 heteroatoms. The van der Waals surface area contributed by atoms with Gasteiger partial charge in [0.25, 0.3) is 0 Å². The lowest BCUT2D eigenvalue weighted by Gasteiger charge is -2.23. The number of hydrogen-bond acceptors (Lipinski definition) is 1. The van der Waals surface area contributed by atoms with Crippen molar-refractivity contribution in [2.24, 2.45) is 5.92 Å². The molecule has 0 saturated heterocycles. The Labute approximate surface area is 114 Å². The van der Waals surface area contributed by atoms with Gasteiger partial charge >= 0.3 is 0 Å². The summed E-state index contributed by atoms with van der Waals surface area (Å²) in [6.07, 6.45) is 5.73. The molecular weight excluding hydrogens is 246 g/mol. The fourth-order valence-corrected chi connectivity index (χ4v) is 2.66. The van der Waals surface area contributed by atoms with Crippen molar-refractivity contribution in [3.63, 3.8) is 0 Å². The number of amides is 1. The molecule has 2 rings (SSSR count). The van der Waals surface area contributed by atoms with E-state index < -0.39 is 0 Å². The first kappa shape index (κ1) is 13.4. The molecule has 18 heavy (non-hydrogen) atoms. The predicted molar refractivity (Wildman–Crippen MR) is 74.6 cm³/mol. The molecule has 2 nitrogen and oxygen atoms in total. The van der Waals surface area contributed by atoms with Crippen LogP contribution in [-0.4, -0.2) is 5.91 Å². The summed E-state index contributed by atoms with van der Waals surface area (Å²) in [6.45, 7) is 2.02. The molecule has 0 heterocycles. The molecule has 1 amide bonds. The molecule has 1 aliphatic rings. The maximum Gasteiger partial charge on any atom is 0.223 e. The third-order valence-electron chi connectivity index (χ3n) is 3.70. The zero-order chi connectivity index (χ0) is 13.0. The zero-order valence-electron chi connectivity index (χ0n) is 10.8. The van der Waals surface area contributed by atoms with Crippen LogP contribution in [0.5, 0.6) is 0 Å². The van der Waals surface area contributed by atoms with Crippen molar-refractivity contribution >= 4 is 17.5 Å². The Balaban J connectivity index is 1.91. The summed E-state index contributed by atoms with van der Waals surface area (Å²) in [6, 6.07) is 7.71. The molecule has 0 radical (unpaired) electrons. The smallest absolute Gasteiger partial charge is 0.223 e. The van der Waals surface area contributed by atoms with Crippen LogP contribution >= 0.6 is 11.6 Å². The third kappa shape index (κ3) is 3.49. The Bertz CT molecular complexity index is 395. The average Bonchev–Trinajstić information content (AvgIpc) is 2.40. The van der Waals surface area contributed by atoms with E-state index in [-0.39, 0.29) is 17.9 Å². The minimum absolute atomic E-state index is 0.0525. The second-order valence-corrected chi connectivity index (χ2v) is 5.55. The number of benzene rings is 1. The van der Waals surface area contributed by atoms with Gasteiger partial charge in [0.1, 0.15) is 0 Å². The number of carbonyl (C=O) groups is 1. The molecular formula is C15H20ClNO. The summed E-state index contributed by atoms with van der Waals surface area (Å²) in [5.74, 6) is 0.422. The molecule has 1 aromatic carbocycles. The Hall–Kier alpha value is -1.02. The minimum Gasteiger partial charge on any atom is -0.349 e. The molecule has 1 N–H and O–H groups in total. The molecule has 0 unspecified atom stereocenters. The van der Waals surface area contributed by atoms with E-state index in [4.69, 9.17) is 11.6 Å². The number of nitrogens with one attached hydrogen (secondary N) is 1. The monoisotopic (exact) mass is 265 g/mol. The van der Waals surface area contributed by atoms with Crippen LogP contribution in [0.25, 0.3) is 0 Å². The van der Waals surface area contributed by atoms with Gasteiger partial charge < -0.3 is 5.32 Å². The maximum atomic E-state index is 12.1. The molecule has 1 saturated carbocycles. The van der Waals surface area contributed by atoms with Gasteiger partial charge in [0.2, 0.25) is 5.91 Å². The highest BCUT2D eigenvalue weighted by atomic mass is 35.5. The first-order chi connectivity index (χ1) is 8.66. The molecule has 0 aromatic heterocycles. The van der Waals surface area contributed by atoms with Gasteiger partial charge in [-0.25, -0.2) is 0 Å².